The lowest BCUT2D eigenvalue weighted by atomic mass is 10.0. The minimum absolute atomic E-state index is 0.0446. The van der Waals surface area contributed by atoms with Gasteiger partial charge in [-0.3, -0.25) is 9.59 Å². The van der Waals surface area contributed by atoms with Crippen molar-refractivity contribution in [2.75, 3.05) is 6.54 Å². The molecule has 0 saturated carbocycles. The van der Waals surface area contributed by atoms with Gasteiger partial charge < -0.3 is 5.32 Å². The molecule has 0 unspecified atom stereocenters. The van der Waals surface area contributed by atoms with Crippen LogP contribution in [0.5, 0.6) is 0 Å². The first-order valence-electron chi connectivity index (χ1n) is 8.24. The Labute approximate surface area is 153 Å². The van der Waals surface area contributed by atoms with E-state index in [1.807, 2.05) is 25.1 Å². The predicted octanol–water partition coefficient (Wildman–Crippen LogP) is 1.96. The van der Waals surface area contributed by atoms with Crippen molar-refractivity contribution < 1.29 is 18.0 Å². The van der Waals surface area contributed by atoms with Gasteiger partial charge in [0.25, 0.3) is 0 Å². The number of nitrogens with one attached hydrogen (secondary N) is 1. The van der Waals surface area contributed by atoms with Gasteiger partial charge in [-0.25, -0.2) is 13.6 Å². The fourth-order valence-corrected chi connectivity index (χ4v) is 3.04. The molecule has 0 aliphatic rings. The van der Waals surface area contributed by atoms with Crippen molar-refractivity contribution >= 4 is 21.7 Å². The molecule has 0 aliphatic heterocycles. The summed E-state index contributed by atoms with van der Waals surface area (Å²) in [5.41, 5.74) is 2.43. The van der Waals surface area contributed by atoms with Gasteiger partial charge in [0.1, 0.15) is 0 Å². The molecule has 26 heavy (non-hydrogen) atoms. The molecular weight excluding hydrogens is 352 g/mol. The molecule has 2 aromatic rings. The first kappa shape index (κ1) is 19.8. The molecule has 138 valence electrons. The van der Waals surface area contributed by atoms with E-state index in [0.717, 1.165) is 11.1 Å². The molecule has 7 heteroatoms. The maximum absolute atomic E-state index is 12.1. The smallest absolute Gasteiger partial charge is 0.238 e. The van der Waals surface area contributed by atoms with Gasteiger partial charge >= 0.3 is 0 Å². The topological polar surface area (TPSA) is 106 Å². The van der Waals surface area contributed by atoms with Gasteiger partial charge in [0.15, 0.2) is 5.78 Å². The second-order valence-corrected chi connectivity index (χ2v) is 7.59. The number of carbonyl (C=O) groups excluding carboxylic acids is 2. The summed E-state index contributed by atoms with van der Waals surface area (Å²) in [7, 11) is -3.70. The van der Waals surface area contributed by atoms with Crippen LogP contribution < -0.4 is 10.5 Å². The zero-order chi connectivity index (χ0) is 19.2. The molecule has 0 atom stereocenters. The van der Waals surface area contributed by atoms with E-state index in [1.165, 1.54) is 12.1 Å². The molecular formula is C19H22N2O4S. The van der Waals surface area contributed by atoms with Gasteiger partial charge in [-0.05, 0) is 36.6 Å². The zero-order valence-electron chi connectivity index (χ0n) is 14.6. The average molecular weight is 374 g/mol. The largest absolute Gasteiger partial charge is 0.356 e. The van der Waals surface area contributed by atoms with Gasteiger partial charge in [0.05, 0.1) is 4.90 Å². The molecule has 6 nitrogen and oxygen atoms in total. The number of rotatable bonds is 8. The second kappa shape index (κ2) is 8.73. The Hall–Kier alpha value is -2.51. The number of benzene rings is 2. The molecule has 0 radical (unpaired) electrons. The molecule has 0 heterocycles. The van der Waals surface area contributed by atoms with Gasteiger partial charge in [0.2, 0.25) is 15.9 Å². The fourth-order valence-electron chi connectivity index (χ4n) is 2.53. The van der Waals surface area contributed by atoms with E-state index in [1.54, 1.807) is 18.2 Å². The van der Waals surface area contributed by atoms with Gasteiger partial charge in [-0.1, -0.05) is 36.4 Å². The van der Waals surface area contributed by atoms with Crippen LogP contribution in [0.1, 0.15) is 34.3 Å². The molecule has 2 rings (SSSR count). The third-order valence-electron chi connectivity index (χ3n) is 4.01. The fraction of sp³-hybridized carbons (Fsp3) is 0.263. The SMILES string of the molecule is Cc1ccccc1C(=O)CCC(=O)NCCc1ccc(S(N)(=O)=O)cc1. The summed E-state index contributed by atoms with van der Waals surface area (Å²) < 4.78 is 22.4. The van der Waals surface area contributed by atoms with Crippen molar-refractivity contribution in [3.63, 3.8) is 0 Å². The number of sulfonamides is 1. The van der Waals surface area contributed by atoms with Crippen molar-refractivity contribution in [2.45, 2.75) is 31.1 Å². The number of primary sulfonamides is 1. The van der Waals surface area contributed by atoms with E-state index >= 15 is 0 Å². The normalized spacial score (nSPS) is 11.2. The second-order valence-electron chi connectivity index (χ2n) is 6.03. The summed E-state index contributed by atoms with van der Waals surface area (Å²) in [4.78, 5) is 24.1. The van der Waals surface area contributed by atoms with Crippen LogP contribution in [-0.4, -0.2) is 26.7 Å². The maximum Gasteiger partial charge on any atom is 0.238 e. The molecule has 0 aliphatic carbocycles. The van der Waals surface area contributed by atoms with Crippen LogP contribution >= 0.6 is 0 Å². The van der Waals surface area contributed by atoms with Crippen molar-refractivity contribution in [1.29, 1.82) is 0 Å². The number of amides is 1. The Morgan fingerprint density at radius 2 is 1.65 bits per heavy atom. The van der Waals surface area contributed by atoms with Crippen LogP contribution in [0.2, 0.25) is 0 Å². The lowest BCUT2D eigenvalue weighted by molar-refractivity contribution is -0.121. The van der Waals surface area contributed by atoms with Gasteiger partial charge in [-0.15, -0.1) is 0 Å². The highest BCUT2D eigenvalue weighted by molar-refractivity contribution is 7.89. The first-order valence-corrected chi connectivity index (χ1v) is 9.79. The van der Waals surface area contributed by atoms with E-state index < -0.39 is 10.0 Å². The number of hydrogen-bond donors (Lipinski definition) is 2. The van der Waals surface area contributed by atoms with E-state index in [-0.39, 0.29) is 29.4 Å². The summed E-state index contributed by atoms with van der Waals surface area (Å²) in [6.07, 6.45) is 0.861. The number of hydrogen-bond acceptors (Lipinski definition) is 4. The molecule has 0 bridgehead atoms. The number of carbonyl (C=O) groups is 2. The minimum Gasteiger partial charge on any atom is -0.356 e. The molecule has 2 aromatic carbocycles. The van der Waals surface area contributed by atoms with E-state index in [0.29, 0.717) is 18.5 Å². The highest BCUT2D eigenvalue weighted by Crippen LogP contribution is 2.11. The van der Waals surface area contributed by atoms with E-state index in [2.05, 4.69) is 5.32 Å². The van der Waals surface area contributed by atoms with Crippen molar-refractivity contribution in [3.05, 3.63) is 65.2 Å². The molecule has 1 amide bonds. The maximum atomic E-state index is 12.1. The van der Waals surface area contributed by atoms with E-state index in [4.69, 9.17) is 5.14 Å². The standard InChI is InChI=1S/C19H22N2O4S/c1-14-4-2-3-5-17(14)18(22)10-11-19(23)21-13-12-15-6-8-16(9-7-15)26(20,24)25/h2-9H,10-13H2,1H3,(H,21,23)(H2,20,24,25). The molecule has 3 N–H and O–H groups in total. The predicted molar refractivity (Wildman–Crippen MR) is 99.3 cm³/mol. The first-order chi connectivity index (χ1) is 12.3. The Bertz CT molecular complexity index is 890. The summed E-state index contributed by atoms with van der Waals surface area (Å²) >= 11 is 0. The molecule has 0 saturated heterocycles. The highest BCUT2D eigenvalue weighted by atomic mass is 32.2. The third-order valence-corrected chi connectivity index (χ3v) is 4.94. The summed E-state index contributed by atoms with van der Waals surface area (Å²) in [6.45, 7) is 2.28. The summed E-state index contributed by atoms with van der Waals surface area (Å²) in [5, 5.41) is 7.81. The van der Waals surface area contributed by atoms with Crippen LogP contribution in [0.4, 0.5) is 0 Å². The number of Topliss-reactive ketones (excluding diaryl/α,β-unsaturated/α-hetero) is 1. The van der Waals surface area contributed by atoms with Crippen molar-refractivity contribution in [1.82, 2.24) is 5.32 Å². The number of aryl methyl sites for hydroxylation is 1. The minimum atomic E-state index is -3.70. The average Bonchev–Trinajstić information content (AvgIpc) is 2.60. The lowest BCUT2D eigenvalue weighted by Crippen LogP contribution is -2.26. The van der Waals surface area contributed by atoms with Crippen molar-refractivity contribution in [2.24, 2.45) is 5.14 Å². The highest BCUT2D eigenvalue weighted by Gasteiger charge is 2.11. The number of nitrogens with two attached hydrogens (primary N) is 1. The number of ketones is 1. The Morgan fingerprint density at radius 1 is 1.00 bits per heavy atom. The molecule has 0 fully saturated rings. The summed E-state index contributed by atoms with van der Waals surface area (Å²) in [6, 6.07) is 13.5. The van der Waals surface area contributed by atoms with Crippen LogP contribution in [0.15, 0.2) is 53.4 Å². The Morgan fingerprint density at radius 3 is 2.27 bits per heavy atom. The monoisotopic (exact) mass is 374 g/mol. The van der Waals surface area contributed by atoms with Crippen LogP contribution in [0, 0.1) is 6.92 Å². The van der Waals surface area contributed by atoms with Crippen LogP contribution in [0.25, 0.3) is 0 Å². The molecule has 0 spiro atoms. The Balaban J connectivity index is 1.75. The van der Waals surface area contributed by atoms with Crippen molar-refractivity contribution in [3.8, 4) is 0 Å². The van der Waals surface area contributed by atoms with Gasteiger partial charge in [0, 0.05) is 24.9 Å². The Kier molecular flexibility index (Phi) is 6.65. The zero-order valence-corrected chi connectivity index (χ0v) is 15.4. The lowest BCUT2D eigenvalue weighted by Gasteiger charge is -2.07. The van der Waals surface area contributed by atoms with Crippen LogP contribution in [-0.2, 0) is 21.2 Å². The quantitative estimate of drug-likeness (QED) is 0.689. The van der Waals surface area contributed by atoms with Gasteiger partial charge in [-0.2, -0.15) is 0 Å². The third kappa shape index (κ3) is 5.79. The molecule has 0 aromatic heterocycles. The van der Waals surface area contributed by atoms with Crippen LogP contribution in [0.3, 0.4) is 0 Å². The summed E-state index contributed by atoms with van der Waals surface area (Å²) in [5.74, 6) is -0.232. The van der Waals surface area contributed by atoms with E-state index in [9.17, 15) is 18.0 Å².